The van der Waals surface area contributed by atoms with E-state index in [4.69, 9.17) is 5.11 Å². The molecule has 1 aromatic heterocycles. The molecule has 0 bridgehead atoms. The van der Waals surface area contributed by atoms with Gasteiger partial charge in [0, 0.05) is 6.04 Å². The smallest absolute Gasteiger partial charge is 0.345 e. The summed E-state index contributed by atoms with van der Waals surface area (Å²) in [5.41, 5.74) is 0. The van der Waals surface area contributed by atoms with Crippen molar-refractivity contribution in [3.8, 4) is 0 Å². The lowest BCUT2D eigenvalue weighted by molar-refractivity contribution is 0.0702. The fourth-order valence-corrected chi connectivity index (χ4v) is 6.38. The van der Waals surface area contributed by atoms with Crippen LogP contribution in [0.4, 0.5) is 0 Å². The fourth-order valence-electron chi connectivity index (χ4n) is 2.69. The van der Waals surface area contributed by atoms with E-state index in [-0.39, 0.29) is 15.8 Å². The predicted octanol–water partition coefficient (Wildman–Crippen LogP) is 3.46. The van der Waals surface area contributed by atoms with Crippen molar-refractivity contribution in [2.75, 3.05) is 0 Å². The van der Waals surface area contributed by atoms with Gasteiger partial charge in [-0.05, 0) is 40.8 Å². The van der Waals surface area contributed by atoms with E-state index in [1.807, 2.05) is 0 Å². The molecule has 0 amide bonds. The Hall–Kier alpha value is -0.440. The third-order valence-electron chi connectivity index (χ3n) is 3.84. The number of hydrogen-bond donors (Lipinski definition) is 2. The highest BCUT2D eigenvalue weighted by molar-refractivity contribution is 9.11. The molecule has 0 spiro atoms. The van der Waals surface area contributed by atoms with E-state index < -0.39 is 16.0 Å². The highest BCUT2D eigenvalue weighted by Crippen LogP contribution is 2.33. The van der Waals surface area contributed by atoms with Gasteiger partial charge in [0.05, 0.1) is 3.79 Å². The third-order valence-corrected chi connectivity index (χ3v) is 7.60. The van der Waals surface area contributed by atoms with Gasteiger partial charge in [-0.15, -0.1) is 11.3 Å². The first-order valence-corrected chi connectivity index (χ1v) is 9.97. The Labute approximate surface area is 136 Å². The molecule has 2 unspecified atom stereocenters. The van der Waals surface area contributed by atoms with Crippen LogP contribution in [0.3, 0.4) is 0 Å². The Kier molecular flexibility index (Phi) is 5.45. The van der Waals surface area contributed by atoms with E-state index in [2.05, 4.69) is 27.6 Å². The molecule has 0 aromatic carbocycles. The Morgan fingerprint density at radius 3 is 2.81 bits per heavy atom. The second-order valence-electron chi connectivity index (χ2n) is 5.31. The molecular formula is C13H18BrNO4S2. The average Bonchev–Trinajstić information content (AvgIpc) is 2.81. The summed E-state index contributed by atoms with van der Waals surface area (Å²) in [7, 11) is -3.68. The fraction of sp³-hybridized carbons (Fsp3) is 0.615. The predicted molar refractivity (Wildman–Crippen MR) is 85.3 cm³/mol. The average molecular weight is 396 g/mol. The Morgan fingerprint density at radius 1 is 1.52 bits per heavy atom. The summed E-state index contributed by atoms with van der Waals surface area (Å²) in [5, 5.41) is 8.95. The van der Waals surface area contributed by atoms with Gasteiger partial charge < -0.3 is 5.11 Å². The minimum Gasteiger partial charge on any atom is -0.477 e. The van der Waals surface area contributed by atoms with Crippen LogP contribution in [-0.2, 0) is 10.0 Å². The number of carboxylic acids is 1. The van der Waals surface area contributed by atoms with E-state index in [0.29, 0.717) is 9.70 Å². The molecule has 8 heteroatoms. The SMILES string of the molecule is CCC1CCCC(NS(=O)(=O)c2cc(C(=O)O)sc2Br)C1. The standard InChI is InChI=1S/C13H18BrNO4S2/c1-2-8-4-3-5-9(6-8)15-21(18,19)11-7-10(13(16)17)20-12(11)14/h7-9,15H,2-6H2,1H3,(H,16,17). The van der Waals surface area contributed by atoms with Gasteiger partial charge in [-0.2, -0.15) is 0 Å². The summed E-state index contributed by atoms with van der Waals surface area (Å²) >= 11 is 4.06. The topological polar surface area (TPSA) is 83.5 Å². The molecule has 2 atom stereocenters. The maximum absolute atomic E-state index is 12.4. The summed E-state index contributed by atoms with van der Waals surface area (Å²) in [5.74, 6) is -0.558. The van der Waals surface area contributed by atoms with Gasteiger partial charge in [0.2, 0.25) is 10.0 Å². The van der Waals surface area contributed by atoms with Crippen LogP contribution in [0.5, 0.6) is 0 Å². The first-order chi connectivity index (χ1) is 9.83. The van der Waals surface area contributed by atoms with Crippen molar-refractivity contribution in [1.82, 2.24) is 4.72 Å². The second-order valence-corrected chi connectivity index (χ2v) is 9.37. The van der Waals surface area contributed by atoms with Crippen molar-refractivity contribution >= 4 is 43.3 Å². The lowest BCUT2D eigenvalue weighted by Crippen LogP contribution is -2.38. The molecule has 0 radical (unpaired) electrons. The number of nitrogens with one attached hydrogen (secondary N) is 1. The lowest BCUT2D eigenvalue weighted by atomic mass is 9.85. The molecule has 1 fully saturated rings. The van der Waals surface area contributed by atoms with E-state index in [1.165, 1.54) is 6.07 Å². The van der Waals surface area contributed by atoms with Crippen LogP contribution in [0, 0.1) is 5.92 Å². The Bertz CT molecular complexity index is 626. The van der Waals surface area contributed by atoms with Gasteiger partial charge in [0.25, 0.3) is 0 Å². The van der Waals surface area contributed by atoms with E-state index in [9.17, 15) is 13.2 Å². The summed E-state index contributed by atoms with van der Waals surface area (Å²) in [6, 6.07) is 1.15. The largest absolute Gasteiger partial charge is 0.477 e. The quantitative estimate of drug-likeness (QED) is 0.799. The molecule has 2 rings (SSSR count). The number of thiophene rings is 1. The molecule has 0 saturated heterocycles. The van der Waals surface area contributed by atoms with E-state index >= 15 is 0 Å². The summed E-state index contributed by atoms with van der Waals surface area (Å²) < 4.78 is 27.9. The number of aromatic carboxylic acids is 1. The van der Waals surface area contributed by atoms with Gasteiger partial charge in [0.15, 0.2) is 0 Å². The van der Waals surface area contributed by atoms with Crippen LogP contribution in [0.25, 0.3) is 0 Å². The number of halogens is 1. The van der Waals surface area contributed by atoms with Gasteiger partial charge in [-0.25, -0.2) is 17.9 Å². The van der Waals surface area contributed by atoms with Gasteiger partial charge in [-0.3, -0.25) is 0 Å². The van der Waals surface area contributed by atoms with E-state index in [0.717, 1.165) is 43.4 Å². The molecule has 1 saturated carbocycles. The zero-order chi connectivity index (χ0) is 15.6. The van der Waals surface area contributed by atoms with Crippen LogP contribution >= 0.6 is 27.3 Å². The lowest BCUT2D eigenvalue weighted by Gasteiger charge is -2.28. The van der Waals surface area contributed by atoms with Crippen molar-refractivity contribution in [2.24, 2.45) is 5.92 Å². The highest BCUT2D eigenvalue weighted by Gasteiger charge is 2.28. The van der Waals surface area contributed by atoms with Gasteiger partial charge in [-0.1, -0.05) is 26.2 Å². The van der Waals surface area contributed by atoms with Gasteiger partial charge in [0.1, 0.15) is 9.77 Å². The molecule has 0 aliphatic heterocycles. The molecule has 1 aliphatic rings. The molecule has 5 nitrogen and oxygen atoms in total. The minimum atomic E-state index is -3.68. The van der Waals surface area contributed by atoms with Crippen molar-refractivity contribution in [2.45, 2.75) is 50.0 Å². The van der Waals surface area contributed by atoms with Gasteiger partial charge >= 0.3 is 5.97 Å². The van der Waals surface area contributed by atoms with Crippen LogP contribution in [0.1, 0.15) is 48.7 Å². The third kappa shape index (κ3) is 4.06. The zero-order valence-corrected chi connectivity index (χ0v) is 14.9. The van der Waals surface area contributed by atoms with Crippen LogP contribution in [0.2, 0.25) is 0 Å². The normalized spacial score (nSPS) is 23.1. The number of rotatable bonds is 5. The Balaban J connectivity index is 2.16. The van der Waals surface area contributed by atoms with Crippen molar-refractivity contribution in [3.05, 3.63) is 14.7 Å². The molecule has 2 N–H and O–H groups in total. The number of carboxylic acid groups (broad SMARTS) is 1. The number of sulfonamides is 1. The highest BCUT2D eigenvalue weighted by atomic mass is 79.9. The second kappa shape index (κ2) is 6.76. The molecular weight excluding hydrogens is 378 g/mol. The molecule has 1 heterocycles. The van der Waals surface area contributed by atoms with E-state index in [1.54, 1.807) is 0 Å². The maximum atomic E-state index is 12.4. The monoisotopic (exact) mass is 395 g/mol. The van der Waals surface area contributed by atoms with Crippen molar-refractivity contribution in [1.29, 1.82) is 0 Å². The van der Waals surface area contributed by atoms with Crippen LogP contribution < -0.4 is 4.72 Å². The number of carbonyl (C=O) groups is 1. The van der Waals surface area contributed by atoms with Crippen molar-refractivity contribution < 1.29 is 18.3 Å². The minimum absolute atomic E-state index is 0.0114. The first kappa shape index (κ1) is 16.9. The Morgan fingerprint density at radius 2 is 2.24 bits per heavy atom. The van der Waals surface area contributed by atoms with Crippen LogP contribution in [-0.4, -0.2) is 25.5 Å². The number of hydrogen-bond acceptors (Lipinski definition) is 4. The van der Waals surface area contributed by atoms with Crippen molar-refractivity contribution in [3.63, 3.8) is 0 Å². The first-order valence-electron chi connectivity index (χ1n) is 6.88. The molecule has 118 valence electrons. The summed E-state index contributed by atoms with van der Waals surface area (Å²) in [6.07, 6.45) is 4.92. The molecule has 1 aliphatic carbocycles. The van der Waals surface area contributed by atoms with Crippen LogP contribution in [0.15, 0.2) is 14.7 Å². The summed E-state index contributed by atoms with van der Waals surface area (Å²) in [6.45, 7) is 2.12. The summed E-state index contributed by atoms with van der Waals surface area (Å²) in [4.78, 5) is 11.0. The maximum Gasteiger partial charge on any atom is 0.345 e. The molecule has 1 aromatic rings. The zero-order valence-electron chi connectivity index (χ0n) is 11.6. The molecule has 21 heavy (non-hydrogen) atoms.